The van der Waals surface area contributed by atoms with Gasteiger partial charge in [0.25, 0.3) is 0 Å². The molecule has 4 aromatic rings. The van der Waals surface area contributed by atoms with E-state index in [1.807, 2.05) is 11.6 Å². The van der Waals surface area contributed by atoms with Crippen molar-refractivity contribution < 1.29 is 13.7 Å². The standard InChI is InChI=1S/C23H26N8O3S/c1-13(2)35(24,33)15-8-6-14(7-9-15)28-22-20(23(32)34-5)29-19(21(25-3)30-22)16-10-26-11-17-18(16)27-12-31(17)4/h6-13,24H,1-5H3,(H2,25,28,30). The molecule has 0 aliphatic carbocycles. The first-order valence-corrected chi connectivity index (χ1v) is 12.4. The number of hydrogen-bond donors (Lipinski definition) is 3. The molecule has 0 saturated heterocycles. The third-order valence-corrected chi connectivity index (χ3v) is 7.84. The maximum atomic E-state index is 12.7. The summed E-state index contributed by atoms with van der Waals surface area (Å²) in [4.78, 5) is 31.0. The Morgan fingerprint density at radius 1 is 1.14 bits per heavy atom. The number of fused-ring (bicyclic) bond motifs is 1. The Morgan fingerprint density at radius 2 is 1.86 bits per heavy atom. The first kappa shape index (κ1) is 24.1. The van der Waals surface area contributed by atoms with Gasteiger partial charge in [-0.05, 0) is 38.1 Å². The number of nitrogens with zero attached hydrogens (tertiary/aromatic N) is 5. The topological polar surface area (TPSA) is 148 Å². The molecule has 3 N–H and O–H groups in total. The Labute approximate surface area is 203 Å². The minimum atomic E-state index is -2.91. The Hall–Kier alpha value is -4.06. The Balaban J connectivity index is 1.80. The number of aryl methyl sites for hydroxylation is 1. The Bertz CT molecular complexity index is 1510. The Morgan fingerprint density at radius 3 is 2.49 bits per heavy atom. The zero-order chi connectivity index (χ0) is 25.3. The molecule has 0 aliphatic rings. The minimum absolute atomic E-state index is 0.0232. The number of aromatic nitrogens is 5. The number of anilines is 3. The third kappa shape index (κ3) is 4.39. The normalized spacial score (nSPS) is 13.0. The van der Waals surface area contributed by atoms with Crippen LogP contribution in [-0.2, 0) is 21.5 Å². The summed E-state index contributed by atoms with van der Waals surface area (Å²) in [7, 11) is 1.93. The van der Waals surface area contributed by atoms with Crippen LogP contribution in [0.5, 0.6) is 0 Å². The van der Waals surface area contributed by atoms with Gasteiger partial charge in [-0.1, -0.05) is 0 Å². The van der Waals surface area contributed by atoms with Crippen molar-refractivity contribution in [1.29, 1.82) is 4.78 Å². The van der Waals surface area contributed by atoms with E-state index in [0.29, 0.717) is 33.2 Å². The maximum absolute atomic E-state index is 12.7. The molecule has 12 heteroatoms. The second-order valence-electron chi connectivity index (χ2n) is 8.07. The maximum Gasteiger partial charge on any atom is 0.360 e. The average molecular weight is 495 g/mol. The van der Waals surface area contributed by atoms with E-state index in [9.17, 15) is 9.00 Å². The van der Waals surface area contributed by atoms with Crippen molar-refractivity contribution in [3.05, 3.63) is 48.7 Å². The van der Waals surface area contributed by atoms with E-state index in [-0.39, 0.29) is 16.8 Å². The van der Waals surface area contributed by atoms with Crippen LogP contribution in [0.1, 0.15) is 24.3 Å². The first-order valence-electron chi connectivity index (χ1n) is 10.8. The van der Waals surface area contributed by atoms with Gasteiger partial charge in [-0.25, -0.2) is 28.7 Å². The number of carbonyl (C=O) groups excluding carboxylic acids is 1. The van der Waals surface area contributed by atoms with Gasteiger partial charge in [-0.15, -0.1) is 0 Å². The van der Waals surface area contributed by atoms with Crippen LogP contribution in [0.2, 0.25) is 0 Å². The highest BCUT2D eigenvalue weighted by Crippen LogP contribution is 2.32. The van der Waals surface area contributed by atoms with E-state index >= 15 is 0 Å². The molecule has 0 spiro atoms. The molecule has 35 heavy (non-hydrogen) atoms. The van der Waals surface area contributed by atoms with E-state index in [1.54, 1.807) is 63.9 Å². The quantitative estimate of drug-likeness (QED) is 0.326. The van der Waals surface area contributed by atoms with Crippen LogP contribution in [0.15, 0.2) is 47.9 Å². The number of pyridine rings is 1. The molecule has 0 saturated carbocycles. The van der Waals surface area contributed by atoms with E-state index in [2.05, 4.69) is 30.6 Å². The second-order valence-corrected chi connectivity index (χ2v) is 10.7. The minimum Gasteiger partial charge on any atom is -0.464 e. The van der Waals surface area contributed by atoms with Gasteiger partial charge in [-0.2, -0.15) is 0 Å². The molecule has 3 heterocycles. The SMILES string of the molecule is CNc1nc(Nc2ccc(S(=N)(=O)C(C)C)cc2)c(C(=O)OC)nc1-c1cncc2c1ncn2C. The van der Waals surface area contributed by atoms with Gasteiger partial charge in [0.2, 0.25) is 0 Å². The van der Waals surface area contributed by atoms with E-state index in [1.165, 1.54) is 7.11 Å². The molecule has 11 nitrogen and oxygen atoms in total. The van der Waals surface area contributed by atoms with Gasteiger partial charge >= 0.3 is 5.97 Å². The number of esters is 1. The highest BCUT2D eigenvalue weighted by molar-refractivity contribution is 7.93. The molecule has 4 rings (SSSR count). The number of imidazole rings is 1. The summed E-state index contributed by atoms with van der Waals surface area (Å²) < 4.78 is 27.6. The molecule has 1 atom stereocenters. The summed E-state index contributed by atoms with van der Waals surface area (Å²) >= 11 is 0. The molecule has 0 radical (unpaired) electrons. The summed E-state index contributed by atoms with van der Waals surface area (Å²) in [5.41, 5.74) is 3.04. The zero-order valence-corrected chi connectivity index (χ0v) is 20.8. The lowest BCUT2D eigenvalue weighted by atomic mass is 10.1. The zero-order valence-electron chi connectivity index (χ0n) is 20.0. The van der Waals surface area contributed by atoms with Gasteiger partial charge in [0.1, 0.15) is 11.2 Å². The fourth-order valence-corrected chi connectivity index (χ4v) is 4.57. The fourth-order valence-electron chi connectivity index (χ4n) is 3.49. The van der Waals surface area contributed by atoms with Crippen LogP contribution in [0, 0.1) is 4.78 Å². The molecule has 3 aromatic heterocycles. The highest BCUT2D eigenvalue weighted by Gasteiger charge is 2.23. The number of ether oxygens (including phenoxy) is 1. The Kier molecular flexibility index (Phi) is 6.39. The number of rotatable bonds is 7. The lowest BCUT2D eigenvalue weighted by Crippen LogP contribution is -2.14. The van der Waals surface area contributed by atoms with Gasteiger partial charge in [0, 0.05) is 36.1 Å². The fraction of sp³-hybridized carbons (Fsp3) is 0.261. The van der Waals surface area contributed by atoms with Crippen LogP contribution in [-0.4, -0.2) is 54.1 Å². The summed E-state index contributed by atoms with van der Waals surface area (Å²) in [5.74, 6) is -0.0873. The number of carbonyl (C=O) groups is 1. The predicted octanol–water partition coefficient (Wildman–Crippen LogP) is 3.81. The van der Waals surface area contributed by atoms with Crippen molar-refractivity contribution in [3.63, 3.8) is 0 Å². The van der Waals surface area contributed by atoms with E-state index in [4.69, 9.17) is 9.52 Å². The van der Waals surface area contributed by atoms with E-state index < -0.39 is 15.7 Å². The molecule has 1 aromatic carbocycles. The van der Waals surface area contributed by atoms with Crippen molar-refractivity contribution in [2.75, 3.05) is 24.8 Å². The summed E-state index contributed by atoms with van der Waals surface area (Å²) in [6.07, 6.45) is 5.01. The first-order chi connectivity index (χ1) is 16.7. The van der Waals surface area contributed by atoms with Gasteiger partial charge in [0.05, 0.1) is 40.4 Å². The molecule has 0 bridgehead atoms. The lowest BCUT2D eigenvalue weighted by molar-refractivity contribution is 0.0595. The van der Waals surface area contributed by atoms with Crippen LogP contribution in [0.3, 0.4) is 0 Å². The molecular weight excluding hydrogens is 468 g/mol. The molecule has 1 unspecified atom stereocenters. The lowest BCUT2D eigenvalue weighted by Gasteiger charge is -2.15. The van der Waals surface area contributed by atoms with Crippen LogP contribution < -0.4 is 10.6 Å². The van der Waals surface area contributed by atoms with Crippen LogP contribution in [0.4, 0.5) is 17.3 Å². The van der Waals surface area contributed by atoms with Crippen molar-refractivity contribution in [2.24, 2.45) is 7.05 Å². The second kappa shape index (κ2) is 9.29. The van der Waals surface area contributed by atoms with Crippen molar-refractivity contribution in [2.45, 2.75) is 24.0 Å². The summed E-state index contributed by atoms with van der Waals surface area (Å²) in [6, 6.07) is 6.62. The number of nitrogens with one attached hydrogen (secondary N) is 3. The van der Waals surface area contributed by atoms with Crippen molar-refractivity contribution in [1.82, 2.24) is 24.5 Å². The van der Waals surface area contributed by atoms with Crippen molar-refractivity contribution in [3.8, 4) is 11.3 Å². The van der Waals surface area contributed by atoms with Gasteiger partial charge in [0.15, 0.2) is 17.3 Å². The number of hydrogen-bond acceptors (Lipinski definition) is 10. The molecule has 0 amide bonds. The summed E-state index contributed by atoms with van der Waals surface area (Å²) in [5, 5.41) is 5.80. The van der Waals surface area contributed by atoms with Crippen LogP contribution >= 0.6 is 0 Å². The number of benzene rings is 1. The van der Waals surface area contributed by atoms with Gasteiger partial charge in [-0.3, -0.25) is 4.98 Å². The molecule has 182 valence electrons. The van der Waals surface area contributed by atoms with Crippen molar-refractivity contribution >= 4 is 44.1 Å². The van der Waals surface area contributed by atoms with Gasteiger partial charge < -0.3 is 19.9 Å². The average Bonchev–Trinajstić information content (AvgIpc) is 3.24. The van der Waals surface area contributed by atoms with E-state index in [0.717, 1.165) is 5.52 Å². The predicted molar refractivity (Wildman–Crippen MR) is 134 cm³/mol. The van der Waals surface area contributed by atoms with Crippen LogP contribution in [0.25, 0.3) is 22.3 Å². The summed E-state index contributed by atoms with van der Waals surface area (Å²) in [6.45, 7) is 3.50. The molecule has 0 fully saturated rings. The third-order valence-electron chi connectivity index (χ3n) is 5.54. The molecule has 0 aliphatic heterocycles. The highest BCUT2D eigenvalue weighted by atomic mass is 32.2. The largest absolute Gasteiger partial charge is 0.464 e. The monoisotopic (exact) mass is 494 g/mol. The molecular formula is C23H26N8O3S. The smallest absolute Gasteiger partial charge is 0.360 e. The number of methoxy groups -OCH3 is 1.